The summed E-state index contributed by atoms with van der Waals surface area (Å²) < 4.78 is 5.55. The van der Waals surface area contributed by atoms with Gasteiger partial charge in [-0.1, -0.05) is 6.07 Å². The van der Waals surface area contributed by atoms with Crippen LogP contribution in [0.2, 0.25) is 0 Å². The van der Waals surface area contributed by atoms with Crippen LogP contribution in [0.1, 0.15) is 15.9 Å². The van der Waals surface area contributed by atoms with Crippen LogP contribution < -0.4 is 0 Å². The van der Waals surface area contributed by atoms with Crippen molar-refractivity contribution in [2.45, 2.75) is 6.92 Å². The molecule has 5 nitrogen and oxygen atoms in total. The summed E-state index contributed by atoms with van der Waals surface area (Å²) in [7, 11) is 1.51. The number of aryl methyl sites for hydroxylation is 1. The SMILES string of the molecule is COCCN(CC(=O)O)C(=O)c1ccc(C)cc1Br. The normalized spacial score (nSPS) is 10.3. The van der Waals surface area contributed by atoms with Gasteiger partial charge >= 0.3 is 5.97 Å². The number of carbonyl (C=O) groups excluding carboxylic acids is 1. The van der Waals surface area contributed by atoms with E-state index in [0.29, 0.717) is 16.6 Å². The lowest BCUT2D eigenvalue weighted by Gasteiger charge is -2.21. The number of rotatable bonds is 6. The summed E-state index contributed by atoms with van der Waals surface area (Å²) in [6.07, 6.45) is 0. The van der Waals surface area contributed by atoms with Crippen LogP contribution in [0.15, 0.2) is 22.7 Å². The van der Waals surface area contributed by atoms with E-state index in [1.54, 1.807) is 6.07 Å². The molecule has 1 amide bonds. The molecule has 0 saturated carbocycles. The Bertz CT molecular complexity index is 476. The van der Waals surface area contributed by atoms with Crippen LogP contribution in [-0.2, 0) is 9.53 Å². The fraction of sp³-hybridized carbons (Fsp3) is 0.385. The summed E-state index contributed by atoms with van der Waals surface area (Å²) in [5, 5.41) is 8.85. The fourth-order valence-electron chi connectivity index (χ4n) is 1.58. The molecule has 0 radical (unpaired) electrons. The molecule has 0 saturated heterocycles. The average Bonchev–Trinajstić information content (AvgIpc) is 2.33. The van der Waals surface area contributed by atoms with E-state index in [0.717, 1.165) is 5.56 Å². The van der Waals surface area contributed by atoms with E-state index < -0.39 is 5.97 Å². The molecule has 19 heavy (non-hydrogen) atoms. The van der Waals surface area contributed by atoms with E-state index in [4.69, 9.17) is 9.84 Å². The summed E-state index contributed by atoms with van der Waals surface area (Å²) in [4.78, 5) is 24.3. The van der Waals surface area contributed by atoms with Gasteiger partial charge in [0.25, 0.3) is 5.91 Å². The molecule has 1 aromatic rings. The Kier molecular flexibility index (Phi) is 5.98. The first-order valence-corrected chi connectivity index (χ1v) is 6.51. The average molecular weight is 330 g/mol. The standard InChI is InChI=1S/C13H16BrNO4/c1-9-3-4-10(11(14)7-9)13(18)15(5-6-19-2)8-12(16)17/h3-4,7H,5-6,8H2,1-2H3,(H,16,17). The van der Waals surface area contributed by atoms with Gasteiger partial charge in [-0.05, 0) is 40.5 Å². The molecule has 0 atom stereocenters. The smallest absolute Gasteiger partial charge is 0.323 e. The Morgan fingerprint density at radius 2 is 2.11 bits per heavy atom. The van der Waals surface area contributed by atoms with Crippen molar-refractivity contribution in [2.24, 2.45) is 0 Å². The summed E-state index contributed by atoms with van der Waals surface area (Å²) in [6, 6.07) is 5.32. The Morgan fingerprint density at radius 1 is 1.42 bits per heavy atom. The molecule has 0 aromatic heterocycles. The van der Waals surface area contributed by atoms with Gasteiger partial charge in [-0.3, -0.25) is 9.59 Å². The lowest BCUT2D eigenvalue weighted by Crippen LogP contribution is -2.38. The number of ether oxygens (including phenoxy) is 1. The predicted molar refractivity (Wildman–Crippen MR) is 74.3 cm³/mol. The highest BCUT2D eigenvalue weighted by atomic mass is 79.9. The highest BCUT2D eigenvalue weighted by Crippen LogP contribution is 2.20. The number of halogens is 1. The molecule has 0 aliphatic heterocycles. The molecular formula is C13H16BrNO4. The van der Waals surface area contributed by atoms with E-state index in [-0.39, 0.29) is 19.0 Å². The minimum absolute atomic E-state index is 0.238. The molecule has 0 unspecified atom stereocenters. The molecule has 0 bridgehead atoms. The Balaban J connectivity index is 2.93. The van der Waals surface area contributed by atoms with Crippen molar-refractivity contribution < 1.29 is 19.4 Å². The Labute approximate surface area is 120 Å². The highest BCUT2D eigenvalue weighted by molar-refractivity contribution is 9.10. The number of carboxylic acid groups (broad SMARTS) is 1. The maximum absolute atomic E-state index is 12.3. The van der Waals surface area contributed by atoms with Gasteiger partial charge in [-0.25, -0.2) is 0 Å². The molecule has 0 heterocycles. The Morgan fingerprint density at radius 3 is 2.63 bits per heavy atom. The number of methoxy groups -OCH3 is 1. The minimum atomic E-state index is -1.05. The zero-order valence-corrected chi connectivity index (χ0v) is 12.4. The van der Waals surface area contributed by atoms with Gasteiger partial charge in [0, 0.05) is 18.1 Å². The summed E-state index contributed by atoms with van der Waals surface area (Å²) in [5.74, 6) is -1.38. The first kappa shape index (κ1) is 15.7. The molecule has 6 heteroatoms. The van der Waals surface area contributed by atoms with E-state index in [2.05, 4.69) is 15.9 Å². The molecule has 1 rings (SSSR count). The van der Waals surface area contributed by atoms with Crippen molar-refractivity contribution in [1.82, 2.24) is 4.90 Å². The third-order valence-electron chi connectivity index (χ3n) is 2.53. The van der Waals surface area contributed by atoms with Crippen molar-refractivity contribution in [1.29, 1.82) is 0 Å². The van der Waals surface area contributed by atoms with Gasteiger partial charge < -0.3 is 14.7 Å². The van der Waals surface area contributed by atoms with Gasteiger partial charge in [0.05, 0.1) is 12.2 Å². The first-order valence-electron chi connectivity index (χ1n) is 5.72. The van der Waals surface area contributed by atoms with E-state index in [9.17, 15) is 9.59 Å². The summed E-state index contributed by atoms with van der Waals surface area (Å²) in [5.41, 5.74) is 1.47. The largest absolute Gasteiger partial charge is 0.480 e. The first-order chi connectivity index (χ1) is 8.95. The number of hydrogen-bond donors (Lipinski definition) is 1. The van der Waals surface area contributed by atoms with Crippen molar-refractivity contribution in [2.75, 3.05) is 26.8 Å². The van der Waals surface area contributed by atoms with Gasteiger partial charge in [-0.15, -0.1) is 0 Å². The fourth-order valence-corrected chi connectivity index (χ4v) is 2.24. The number of nitrogens with zero attached hydrogens (tertiary/aromatic N) is 1. The second-order valence-electron chi connectivity index (χ2n) is 4.10. The van der Waals surface area contributed by atoms with Crippen molar-refractivity contribution in [3.63, 3.8) is 0 Å². The number of benzene rings is 1. The summed E-state index contributed by atoms with van der Waals surface area (Å²) >= 11 is 3.32. The Hall–Kier alpha value is -1.40. The second-order valence-corrected chi connectivity index (χ2v) is 4.95. The number of hydrogen-bond acceptors (Lipinski definition) is 3. The predicted octanol–water partition coefficient (Wildman–Crippen LogP) is 1.93. The van der Waals surface area contributed by atoms with Crippen LogP contribution in [0.3, 0.4) is 0 Å². The van der Waals surface area contributed by atoms with Crippen LogP contribution in [-0.4, -0.2) is 48.7 Å². The van der Waals surface area contributed by atoms with Crippen LogP contribution in [0, 0.1) is 6.92 Å². The number of aliphatic carboxylic acids is 1. The molecule has 0 spiro atoms. The van der Waals surface area contributed by atoms with E-state index in [1.807, 2.05) is 19.1 Å². The van der Waals surface area contributed by atoms with Gasteiger partial charge in [0.15, 0.2) is 0 Å². The monoisotopic (exact) mass is 329 g/mol. The van der Waals surface area contributed by atoms with Gasteiger partial charge in [0.2, 0.25) is 0 Å². The lowest BCUT2D eigenvalue weighted by molar-refractivity contribution is -0.137. The third-order valence-corrected chi connectivity index (χ3v) is 3.19. The number of carbonyl (C=O) groups is 2. The van der Waals surface area contributed by atoms with Crippen LogP contribution in [0.5, 0.6) is 0 Å². The van der Waals surface area contributed by atoms with E-state index >= 15 is 0 Å². The maximum atomic E-state index is 12.3. The maximum Gasteiger partial charge on any atom is 0.323 e. The number of carboxylic acids is 1. The molecule has 0 aliphatic rings. The van der Waals surface area contributed by atoms with Crippen molar-refractivity contribution >= 4 is 27.8 Å². The minimum Gasteiger partial charge on any atom is -0.480 e. The van der Waals surface area contributed by atoms with Crippen LogP contribution in [0.25, 0.3) is 0 Å². The number of amides is 1. The zero-order valence-electron chi connectivity index (χ0n) is 10.9. The van der Waals surface area contributed by atoms with E-state index in [1.165, 1.54) is 12.0 Å². The topological polar surface area (TPSA) is 66.8 Å². The summed E-state index contributed by atoms with van der Waals surface area (Å²) in [6.45, 7) is 2.10. The van der Waals surface area contributed by atoms with Crippen LogP contribution >= 0.6 is 15.9 Å². The molecule has 1 N–H and O–H groups in total. The molecule has 104 valence electrons. The quantitative estimate of drug-likeness (QED) is 0.866. The highest BCUT2D eigenvalue weighted by Gasteiger charge is 2.20. The van der Waals surface area contributed by atoms with Crippen LogP contribution in [0.4, 0.5) is 0 Å². The third kappa shape index (κ3) is 4.65. The van der Waals surface area contributed by atoms with Gasteiger partial charge in [-0.2, -0.15) is 0 Å². The van der Waals surface area contributed by atoms with Crippen molar-refractivity contribution in [3.05, 3.63) is 33.8 Å². The van der Waals surface area contributed by atoms with Gasteiger partial charge in [0.1, 0.15) is 6.54 Å². The molecule has 1 aromatic carbocycles. The van der Waals surface area contributed by atoms with Crippen molar-refractivity contribution in [3.8, 4) is 0 Å². The molecular weight excluding hydrogens is 314 g/mol. The second kappa shape index (κ2) is 7.25. The lowest BCUT2D eigenvalue weighted by atomic mass is 10.1. The molecule has 0 aliphatic carbocycles. The zero-order chi connectivity index (χ0) is 14.4. The molecule has 0 fully saturated rings.